The van der Waals surface area contributed by atoms with Crippen LogP contribution in [-0.2, 0) is 12.0 Å². The van der Waals surface area contributed by atoms with Crippen molar-refractivity contribution in [1.29, 1.82) is 0 Å². The number of halogens is 1. The van der Waals surface area contributed by atoms with Crippen LogP contribution in [0.2, 0.25) is 5.02 Å². The van der Waals surface area contributed by atoms with E-state index in [0.717, 1.165) is 11.3 Å². The van der Waals surface area contributed by atoms with Gasteiger partial charge < -0.3 is 14.7 Å². The fraction of sp³-hybridized carbons (Fsp3) is 0.438. The molecule has 1 aliphatic heterocycles. The topological polar surface area (TPSA) is 74.5 Å². The number of carbonyl (C=O) groups is 1. The van der Waals surface area contributed by atoms with Gasteiger partial charge in [-0.25, -0.2) is 4.79 Å². The number of aromatic nitrogens is 2. The van der Waals surface area contributed by atoms with Gasteiger partial charge in [-0.2, -0.15) is 4.98 Å². The molecule has 0 radical (unpaired) electrons. The van der Waals surface area contributed by atoms with Crippen molar-refractivity contribution in [3.63, 3.8) is 0 Å². The number of rotatable bonds is 3. The fourth-order valence-corrected chi connectivity index (χ4v) is 2.96. The Morgan fingerprint density at radius 3 is 2.88 bits per heavy atom. The van der Waals surface area contributed by atoms with Crippen LogP contribution in [0, 0.1) is 0 Å². The first-order valence-electron chi connectivity index (χ1n) is 7.63. The molecule has 0 fully saturated rings. The first kappa shape index (κ1) is 16.6. The van der Waals surface area contributed by atoms with Gasteiger partial charge >= 0.3 is 6.03 Å². The van der Waals surface area contributed by atoms with Crippen LogP contribution in [0.5, 0.6) is 0 Å². The Kier molecular flexibility index (Phi) is 4.13. The molecule has 2 heterocycles. The zero-order chi connectivity index (χ0) is 17.5. The van der Waals surface area contributed by atoms with Gasteiger partial charge in [0, 0.05) is 31.1 Å². The summed E-state index contributed by atoms with van der Waals surface area (Å²) >= 11 is 6.10. The molecule has 8 heteroatoms. The molecule has 1 aromatic heterocycles. The number of benzene rings is 1. The van der Waals surface area contributed by atoms with Gasteiger partial charge in [0.1, 0.15) is 0 Å². The van der Waals surface area contributed by atoms with Gasteiger partial charge in [0.15, 0.2) is 0 Å². The lowest BCUT2D eigenvalue weighted by atomic mass is 9.87. The number of carbonyl (C=O) groups excluding carboxylic acids is 1. The maximum atomic E-state index is 12.6. The molecule has 0 aliphatic carbocycles. The van der Waals surface area contributed by atoms with Crippen LogP contribution < -0.4 is 15.1 Å². The molecule has 128 valence electrons. The quantitative estimate of drug-likeness (QED) is 0.922. The number of nitrogens with one attached hydrogen (secondary N) is 1. The molecule has 1 aliphatic rings. The Hall–Kier alpha value is -2.28. The molecule has 0 spiro atoms. The molecule has 7 nitrogen and oxygen atoms in total. The van der Waals surface area contributed by atoms with Crippen molar-refractivity contribution in [3.8, 4) is 0 Å². The van der Waals surface area contributed by atoms with Crippen LogP contribution in [0.4, 0.5) is 16.4 Å². The van der Waals surface area contributed by atoms with Crippen molar-refractivity contribution in [2.75, 3.05) is 30.4 Å². The Labute approximate surface area is 145 Å². The number of urea groups is 1. The second-order valence-electron chi connectivity index (χ2n) is 6.67. The first-order chi connectivity index (χ1) is 11.3. The minimum Gasteiger partial charge on any atom is -0.344 e. The highest BCUT2D eigenvalue weighted by atomic mass is 35.5. The Balaban J connectivity index is 1.73. The van der Waals surface area contributed by atoms with Crippen molar-refractivity contribution >= 4 is 29.3 Å². The minimum atomic E-state index is -0.214. The van der Waals surface area contributed by atoms with Gasteiger partial charge in [0.05, 0.1) is 12.2 Å². The summed E-state index contributed by atoms with van der Waals surface area (Å²) in [5.41, 5.74) is 1.82. The molecular formula is C16H20ClN5O2. The first-order valence-corrected chi connectivity index (χ1v) is 8.01. The maximum absolute atomic E-state index is 12.6. The van der Waals surface area contributed by atoms with Crippen molar-refractivity contribution in [2.24, 2.45) is 0 Å². The number of fused-ring (bicyclic) bond motifs is 1. The number of nitrogens with zero attached hydrogens (tertiary/aromatic N) is 4. The molecular weight excluding hydrogens is 330 g/mol. The summed E-state index contributed by atoms with van der Waals surface area (Å²) in [5.74, 6) is 0.829. The highest BCUT2D eigenvalue weighted by Crippen LogP contribution is 2.41. The van der Waals surface area contributed by atoms with Crippen LogP contribution in [0.25, 0.3) is 0 Å². The van der Waals surface area contributed by atoms with Crippen LogP contribution in [0.3, 0.4) is 0 Å². The van der Waals surface area contributed by atoms with E-state index in [1.54, 1.807) is 9.80 Å². The van der Waals surface area contributed by atoms with Crippen molar-refractivity contribution in [1.82, 2.24) is 15.5 Å². The van der Waals surface area contributed by atoms with Gasteiger partial charge in [-0.1, -0.05) is 31.5 Å². The predicted molar refractivity (Wildman–Crippen MR) is 92.7 cm³/mol. The second-order valence-corrected chi connectivity index (χ2v) is 7.11. The largest absolute Gasteiger partial charge is 0.344 e. The lowest BCUT2D eigenvalue weighted by Crippen LogP contribution is -2.41. The van der Waals surface area contributed by atoms with E-state index < -0.39 is 0 Å². The van der Waals surface area contributed by atoms with Gasteiger partial charge in [-0.15, -0.1) is 0 Å². The molecule has 1 aromatic carbocycles. The predicted octanol–water partition coefficient (Wildman–Crippen LogP) is 2.80. The molecule has 0 bridgehead atoms. The fourth-order valence-electron chi connectivity index (χ4n) is 2.79. The van der Waals surface area contributed by atoms with E-state index in [9.17, 15) is 4.79 Å². The number of hydrogen-bond acceptors (Lipinski definition) is 5. The van der Waals surface area contributed by atoms with E-state index in [1.807, 2.05) is 32.3 Å². The lowest BCUT2D eigenvalue weighted by Gasteiger charge is -2.20. The Bertz CT molecular complexity index is 772. The summed E-state index contributed by atoms with van der Waals surface area (Å²) in [6, 6.07) is 5.44. The highest BCUT2D eigenvalue weighted by molar-refractivity contribution is 6.31. The summed E-state index contributed by atoms with van der Waals surface area (Å²) in [7, 11) is 3.64. The Morgan fingerprint density at radius 2 is 2.21 bits per heavy atom. The lowest BCUT2D eigenvalue weighted by molar-refractivity contribution is 0.243. The molecule has 3 rings (SSSR count). The third-order valence-electron chi connectivity index (χ3n) is 4.03. The molecule has 1 N–H and O–H groups in total. The standard InChI is InChI=1S/C16H20ClN5O2/c1-16(2)9-22(12-7-10(17)5-6-11(12)16)15(23)18-8-13-19-14(20-24-13)21(3)4/h5-7H,8-9H2,1-4H3,(H,18,23). The third kappa shape index (κ3) is 3.03. The maximum Gasteiger partial charge on any atom is 0.322 e. The summed E-state index contributed by atoms with van der Waals surface area (Å²) in [4.78, 5) is 20.2. The summed E-state index contributed by atoms with van der Waals surface area (Å²) in [6.45, 7) is 4.97. The Morgan fingerprint density at radius 1 is 1.46 bits per heavy atom. The number of hydrogen-bond donors (Lipinski definition) is 1. The zero-order valence-corrected chi connectivity index (χ0v) is 14.9. The molecule has 0 saturated carbocycles. The average molecular weight is 350 g/mol. The van der Waals surface area contributed by atoms with E-state index in [-0.39, 0.29) is 18.0 Å². The molecule has 0 atom stereocenters. The molecule has 2 aromatic rings. The van der Waals surface area contributed by atoms with Crippen LogP contribution in [0.15, 0.2) is 22.7 Å². The van der Waals surface area contributed by atoms with Gasteiger partial charge in [-0.3, -0.25) is 4.90 Å². The number of anilines is 2. The third-order valence-corrected chi connectivity index (χ3v) is 4.26. The van der Waals surface area contributed by atoms with E-state index in [1.165, 1.54) is 0 Å². The molecule has 0 unspecified atom stereocenters. The van der Waals surface area contributed by atoms with Crippen molar-refractivity contribution < 1.29 is 9.32 Å². The van der Waals surface area contributed by atoms with Crippen molar-refractivity contribution in [3.05, 3.63) is 34.7 Å². The van der Waals surface area contributed by atoms with E-state index in [0.29, 0.717) is 23.4 Å². The highest BCUT2D eigenvalue weighted by Gasteiger charge is 2.38. The zero-order valence-electron chi connectivity index (χ0n) is 14.1. The molecule has 2 amide bonds. The van der Waals surface area contributed by atoms with E-state index in [4.69, 9.17) is 16.1 Å². The van der Waals surface area contributed by atoms with E-state index >= 15 is 0 Å². The van der Waals surface area contributed by atoms with Crippen LogP contribution >= 0.6 is 11.6 Å². The molecule has 0 saturated heterocycles. The summed E-state index contributed by atoms with van der Waals surface area (Å²) < 4.78 is 5.11. The minimum absolute atomic E-state index is 0.125. The summed E-state index contributed by atoms with van der Waals surface area (Å²) in [6.07, 6.45) is 0. The number of amides is 2. The van der Waals surface area contributed by atoms with Crippen LogP contribution in [-0.4, -0.2) is 36.8 Å². The summed E-state index contributed by atoms with van der Waals surface area (Å²) in [5, 5.41) is 7.25. The normalized spacial score (nSPS) is 15.3. The van der Waals surface area contributed by atoms with E-state index in [2.05, 4.69) is 29.3 Å². The smallest absolute Gasteiger partial charge is 0.322 e. The van der Waals surface area contributed by atoms with Gasteiger partial charge in [0.2, 0.25) is 5.89 Å². The monoisotopic (exact) mass is 349 g/mol. The van der Waals surface area contributed by atoms with Gasteiger partial charge in [-0.05, 0) is 22.9 Å². The average Bonchev–Trinajstić information content (AvgIpc) is 3.08. The SMILES string of the molecule is CN(C)c1noc(CNC(=O)N2CC(C)(C)c3ccc(Cl)cc32)n1. The van der Waals surface area contributed by atoms with Crippen LogP contribution in [0.1, 0.15) is 25.3 Å². The molecule has 24 heavy (non-hydrogen) atoms. The second kappa shape index (κ2) is 5.98. The van der Waals surface area contributed by atoms with Gasteiger partial charge in [0.25, 0.3) is 5.95 Å². The van der Waals surface area contributed by atoms with Crippen molar-refractivity contribution in [2.45, 2.75) is 25.8 Å².